The van der Waals surface area contributed by atoms with Crippen LogP contribution in [0.2, 0.25) is 0 Å². The molecule has 0 bridgehead atoms. The number of anilines is 1. The van der Waals surface area contributed by atoms with E-state index in [0.29, 0.717) is 17.2 Å². The second kappa shape index (κ2) is 9.05. The molecule has 1 unspecified atom stereocenters. The molecule has 0 fully saturated rings. The van der Waals surface area contributed by atoms with Crippen LogP contribution in [0.5, 0.6) is 11.5 Å². The van der Waals surface area contributed by atoms with Crippen molar-refractivity contribution in [2.45, 2.75) is 31.2 Å². The molecule has 1 atom stereocenters. The highest BCUT2D eigenvalue weighted by Gasteiger charge is 2.20. The van der Waals surface area contributed by atoms with Gasteiger partial charge in [-0.3, -0.25) is 9.36 Å². The zero-order chi connectivity index (χ0) is 21.0. The van der Waals surface area contributed by atoms with Crippen LogP contribution >= 0.6 is 11.8 Å². The molecule has 3 aromatic rings. The van der Waals surface area contributed by atoms with E-state index in [2.05, 4.69) is 42.3 Å². The number of ether oxygens (including phenoxy) is 2. The van der Waals surface area contributed by atoms with Crippen LogP contribution in [0.25, 0.3) is 5.69 Å². The number of amides is 1. The van der Waals surface area contributed by atoms with Gasteiger partial charge in [0.25, 0.3) is 0 Å². The number of aryl methyl sites for hydroxylation is 2. The van der Waals surface area contributed by atoms with Crippen molar-refractivity contribution >= 4 is 23.4 Å². The van der Waals surface area contributed by atoms with Crippen LogP contribution < -0.4 is 14.8 Å². The average Bonchev–Trinajstić information content (AvgIpc) is 3.15. The van der Waals surface area contributed by atoms with E-state index in [4.69, 9.17) is 9.47 Å². The first kappa shape index (κ1) is 20.8. The van der Waals surface area contributed by atoms with Gasteiger partial charge in [-0.25, -0.2) is 4.98 Å². The zero-order valence-corrected chi connectivity index (χ0v) is 18.0. The van der Waals surface area contributed by atoms with E-state index in [-0.39, 0.29) is 11.2 Å². The topological polar surface area (TPSA) is 65.4 Å². The molecule has 0 aliphatic heterocycles. The molecule has 0 saturated carbocycles. The fourth-order valence-electron chi connectivity index (χ4n) is 2.99. The van der Waals surface area contributed by atoms with Crippen LogP contribution in [0.3, 0.4) is 0 Å². The van der Waals surface area contributed by atoms with Crippen molar-refractivity contribution in [1.82, 2.24) is 9.55 Å². The first-order chi connectivity index (χ1) is 13.9. The molecule has 0 radical (unpaired) electrons. The van der Waals surface area contributed by atoms with Gasteiger partial charge in [0, 0.05) is 18.5 Å². The summed E-state index contributed by atoms with van der Waals surface area (Å²) in [7, 11) is 3.15. The average molecular weight is 412 g/mol. The fourth-order valence-corrected chi connectivity index (χ4v) is 3.87. The Labute approximate surface area is 175 Å². The third kappa shape index (κ3) is 4.74. The number of thioether (sulfide) groups is 1. The second-order valence-corrected chi connectivity index (χ2v) is 7.99. The van der Waals surface area contributed by atoms with Gasteiger partial charge in [-0.2, -0.15) is 0 Å². The Kier molecular flexibility index (Phi) is 6.49. The maximum absolute atomic E-state index is 12.8. The van der Waals surface area contributed by atoms with Gasteiger partial charge in [-0.05, 0) is 44.5 Å². The van der Waals surface area contributed by atoms with E-state index in [0.717, 1.165) is 16.4 Å². The molecule has 6 nitrogen and oxygen atoms in total. The van der Waals surface area contributed by atoms with Crippen LogP contribution in [0.1, 0.15) is 18.1 Å². The number of benzene rings is 2. The third-order valence-corrected chi connectivity index (χ3v) is 5.62. The summed E-state index contributed by atoms with van der Waals surface area (Å²) in [5.74, 6) is 1.08. The number of imidazole rings is 1. The lowest BCUT2D eigenvalue weighted by molar-refractivity contribution is -0.115. The highest BCUT2D eigenvalue weighted by atomic mass is 32.2. The lowest BCUT2D eigenvalue weighted by Crippen LogP contribution is -2.23. The summed E-state index contributed by atoms with van der Waals surface area (Å²) in [5, 5.41) is 3.32. The molecule has 1 heterocycles. The maximum Gasteiger partial charge on any atom is 0.237 e. The molecule has 152 valence electrons. The molecule has 3 rings (SSSR count). The van der Waals surface area contributed by atoms with Gasteiger partial charge >= 0.3 is 0 Å². The monoisotopic (exact) mass is 411 g/mol. The van der Waals surface area contributed by atoms with Crippen molar-refractivity contribution in [2.75, 3.05) is 19.5 Å². The van der Waals surface area contributed by atoms with E-state index in [1.54, 1.807) is 38.6 Å². The minimum atomic E-state index is -0.363. The van der Waals surface area contributed by atoms with Crippen LogP contribution in [-0.2, 0) is 4.79 Å². The molecule has 2 aromatic carbocycles. The first-order valence-corrected chi connectivity index (χ1v) is 10.1. The van der Waals surface area contributed by atoms with Gasteiger partial charge in [0.15, 0.2) is 5.16 Å². The number of hydrogen-bond acceptors (Lipinski definition) is 5. The lowest BCUT2D eigenvalue weighted by Gasteiger charge is -2.16. The van der Waals surface area contributed by atoms with Gasteiger partial charge in [0.1, 0.15) is 11.5 Å². The zero-order valence-electron chi connectivity index (χ0n) is 17.2. The Morgan fingerprint density at radius 3 is 2.62 bits per heavy atom. The smallest absolute Gasteiger partial charge is 0.237 e. The molecule has 0 aliphatic carbocycles. The summed E-state index contributed by atoms with van der Waals surface area (Å²) in [6.45, 7) is 6.00. The highest BCUT2D eigenvalue weighted by molar-refractivity contribution is 8.00. The summed E-state index contributed by atoms with van der Waals surface area (Å²) in [6.07, 6.45) is 3.66. The number of hydrogen-bond donors (Lipinski definition) is 1. The van der Waals surface area contributed by atoms with E-state index >= 15 is 0 Å². The minimum Gasteiger partial charge on any atom is -0.497 e. The van der Waals surface area contributed by atoms with Gasteiger partial charge < -0.3 is 14.8 Å². The number of carbonyl (C=O) groups is 1. The van der Waals surface area contributed by atoms with Crippen molar-refractivity contribution in [3.63, 3.8) is 0 Å². The van der Waals surface area contributed by atoms with Gasteiger partial charge in [0.05, 0.1) is 30.8 Å². The third-order valence-electron chi connectivity index (χ3n) is 4.53. The maximum atomic E-state index is 12.8. The number of rotatable bonds is 7. The Morgan fingerprint density at radius 2 is 1.93 bits per heavy atom. The van der Waals surface area contributed by atoms with Crippen molar-refractivity contribution in [3.05, 3.63) is 59.9 Å². The highest BCUT2D eigenvalue weighted by Crippen LogP contribution is 2.31. The van der Waals surface area contributed by atoms with Crippen molar-refractivity contribution in [3.8, 4) is 17.2 Å². The van der Waals surface area contributed by atoms with Crippen molar-refractivity contribution in [1.29, 1.82) is 0 Å². The predicted molar refractivity (Wildman–Crippen MR) is 117 cm³/mol. The quantitative estimate of drug-likeness (QED) is 0.575. The van der Waals surface area contributed by atoms with Crippen LogP contribution in [-0.4, -0.2) is 34.9 Å². The molecule has 0 saturated heterocycles. The number of aromatic nitrogens is 2. The molecule has 1 N–H and O–H groups in total. The number of nitrogens with zero attached hydrogens (tertiary/aromatic N) is 2. The van der Waals surface area contributed by atoms with E-state index in [1.807, 2.05) is 17.7 Å². The van der Waals surface area contributed by atoms with Crippen molar-refractivity contribution in [2.24, 2.45) is 0 Å². The Hall–Kier alpha value is -2.93. The second-order valence-electron chi connectivity index (χ2n) is 6.69. The summed E-state index contributed by atoms with van der Waals surface area (Å²) < 4.78 is 12.6. The van der Waals surface area contributed by atoms with Crippen molar-refractivity contribution < 1.29 is 14.3 Å². The van der Waals surface area contributed by atoms with Crippen LogP contribution in [0.15, 0.2) is 53.9 Å². The number of carbonyl (C=O) groups excluding carboxylic acids is 1. The van der Waals surface area contributed by atoms with Crippen LogP contribution in [0.4, 0.5) is 5.69 Å². The van der Waals surface area contributed by atoms with Gasteiger partial charge in [0.2, 0.25) is 5.91 Å². The number of methoxy groups -OCH3 is 2. The minimum absolute atomic E-state index is 0.142. The van der Waals surface area contributed by atoms with E-state index in [9.17, 15) is 4.79 Å². The normalized spacial score (nSPS) is 11.8. The molecular weight excluding hydrogens is 386 g/mol. The molecule has 1 amide bonds. The van der Waals surface area contributed by atoms with Crippen LogP contribution in [0, 0.1) is 13.8 Å². The Morgan fingerprint density at radius 1 is 1.14 bits per heavy atom. The lowest BCUT2D eigenvalue weighted by atomic mass is 10.1. The summed E-state index contributed by atoms with van der Waals surface area (Å²) in [6, 6.07) is 11.6. The summed E-state index contributed by atoms with van der Waals surface area (Å²) >= 11 is 1.40. The summed E-state index contributed by atoms with van der Waals surface area (Å²) in [5.41, 5.74) is 3.99. The first-order valence-electron chi connectivity index (χ1n) is 9.23. The molecule has 1 aromatic heterocycles. The molecular formula is C22H25N3O3S. The fraction of sp³-hybridized carbons (Fsp3) is 0.273. The standard InChI is InChI=1S/C22H25N3O3S/c1-14-6-8-19(15(2)12-14)25-11-10-23-22(25)29-16(3)21(26)24-18-13-17(27-4)7-9-20(18)28-5/h6-13,16H,1-5H3,(H,24,26). The Balaban J connectivity index is 1.77. The predicted octanol–water partition coefficient (Wildman–Crippen LogP) is 4.63. The largest absolute Gasteiger partial charge is 0.497 e. The SMILES string of the molecule is COc1ccc(OC)c(NC(=O)C(C)Sc2nccn2-c2ccc(C)cc2C)c1. The molecule has 0 spiro atoms. The van der Waals surface area contributed by atoms with Gasteiger partial charge in [-0.15, -0.1) is 0 Å². The summed E-state index contributed by atoms with van der Waals surface area (Å²) in [4.78, 5) is 17.2. The molecule has 0 aliphatic rings. The molecule has 7 heteroatoms. The Bertz CT molecular complexity index is 1020. The van der Waals surface area contributed by atoms with Gasteiger partial charge in [-0.1, -0.05) is 29.5 Å². The molecule has 29 heavy (non-hydrogen) atoms. The van der Waals surface area contributed by atoms with E-state index < -0.39 is 0 Å². The number of nitrogens with one attached hydrogen (secondary N) is 1. The van der Waals surface area contributed by atoms with E-state index in [1.165, 1.54) is 17.3 Å².